The normalized spacial score (nSPS) is 21.6. The average molecular weight is 264 g/mol. The highest BCUT2D eigenvalue weighted by atomic mass is 35.5. The van der Waals surface area contributed by atoms with Crippen LogP contribution < -0.4 is 0 Å². The van der Waals surface area contributed by atoms with Crippen LogP contribution in [0.1, 0.15) is 31.5 Å². The van der Waals surface area contributed by atoms with Crippen molar-refractivity contribution in [1.82, 2.24) is 14.3 Å². The van der Waals surface area contributed by atoms with Crippen molar-refractivity contribution in [3.05, 3.63) is 35.4 Å². The molecule has 0 bridgehead atoms. The van der Waals surface area contributed by atoms with Gasteiger partial charge in [0, 0.05) is 23.7 Å². The number of aromatic nitrogens is 2. The summed E-state index contributed by atoms with van der Waals surface area (Å²) in [6, 6.07) is 3.90. The Morgan fingerprint density at radius 2 is 2.39 bits per heavy atom. The summed E-state index contributed by atoms with van der Waals surface area (Å²) in [6.07, 6.45) is 6.45. The molecule has 0 aliphatic carbocycles. The largest absolute Gasteiger partial charge is 0.303 e. The van der Waals surface area contributed by atoms with Crippen LogP contribution in [0.5, 0.6) is 0 Å². The number of halogens is 1. The molecule has 2 aromatic heterocycles. The summed E-state index contributed by atoms with van der Waals surface area (Å²) in [4.78, 5) is 7.11. The Morgan fingerprint density at radius 1 is 1.50 bits per heavy atom. The maximum atomic E-state index is 6.01. The van der Waals surface area contributed by atoms with Crippen molar-refractivity contribution in [1.29, 1.82) is 0 Å². The SMILES string of the molecule is CCN1CCCC(c2ncc3cc(Cl)ccn23)C1. The molecule has 0 amide bonds. The number of imidazole rings is 1. The summed E-state index contributed by atoms with van der Waals surface area (Å²) in [5.41, 5.74) is 1.09. The fourth-order valence-electron chi connectivity index (χ4n) is 2.85. The van der Waals surface area contributed by atoms with E-state index in [1.165, 1.54) is 25.2 Å². The molecule has 3 heterocycles. The van der Waals surface area contributed by atoms with Gasteiger partial charge in [0.15, 0.2) is 0 Å². The van der Waals surface area contributed by atoms with Crippen LogP contribution in [0.4, 0.5) is 0 Å². The summed E-state index contributed by atoms with van der Waals surface area (Å²) in [7, 11) is 0. The topological polar surface area (TPSA) is 20.5 Å². The smallest absolute Gasteiger partial charge is 0.117 e. The zero-order valence-electron chi connectivity index (χ0n) is 10.6. The first-order valence-electron chi connectivity index (χ1n) is 6.63. The van der Waals surface area contributed by atoms with Crippen LogP contribution in [-0.2, 0) is 0 Å². The van der Waals surface area contributed by atoms with Crippen LogP contribution >= 0.6 is 11.6 Å². The highest BCUT2D eigenvalue weighted by Crippen LogP contribution is 2.27. The molecule has 3 nitrogen and oxygen atoms in total. The lowest BCUT2D eigenvalue weighted by molar-refractivity contribution is 0.213. The second-order valence-corrected chi connectivity index (χ2v) is 5.43. The van der Waals surface area contributed by atoms with Crippen molar-refractivity contribution in [3.8, 4) is 0 Å². The van der Waals surface area contributed by atoms with Gasteiger partial charge in [-0.1, -0.05) is 18.5 Å². The van der Waals surface area contributed by atoms with Crippen LogP contribution in [0.15, 0.2) is 24.5 Å². The van der Waals surface area contributed by atoms with Crippen LogP contribution in [0.3, 0.4) is 0 Å². The van der Waals surface area contributed by atoms with Crippen molar-refractivity contribution in [2.75, 3.05) is 19.6 Å². The van der Waals surface area contributed by atoms with E-state index in [0.29, 0.717) is 5.92 Å². The molecule has 96 valence electrons. The number of rotatable bonds is 2. The van der Waals surface area contributed by atoms with Crippen molar-refractivity contribution >= 4 is 17.1 Å². The van der Waals surface area contributed by atoms with Gasteiger partial charge in [-0.15, -0.1) is 0 Å². The Hall–Kier alpha value is -1.06. The van der Waals surface area contributed by atoms with Crippen LogP contribution in [0, 0.1) is 0 Å². The molecule has 1 aliphatic heterocycles. The lowest BCUT2D eigenvalue weighted by atomic mass is 9.97. The number of nitrogens with zero attached hydrogens (tertiary/aromatic N) is 3. The second kappa shape index (κ2) is 4.90. The lowest BCUT2D eigenvalue weighted by Gasteiger charge is -2.31. The zero-order valence-corrected chi connectivity index (χ0v) is 11.4. The van der Waals surface area contributed by atoms with Crippen molar-refractivity contribution in [2.45, 2.75) is 25.7 Å². The Balaban J connectivity index is 1.94. The molecule has 18 heavy (non-hydrogen) atoms. The summed E-state index contributed by atoms with van der Waals surface area (Å²) >= 11 is 6.01. The van der Waals surface area contributed by atoms with Crippen molar-refractivity contribution in [2.24, 2.45) is 0 Å². The number of hydrogen-bond acceptors (Lipinski definition) is 2. The molecular weight excluding hydrogens is 246 g/mol. The Morgan fingerprint density at radius 3 is 3.22 bits per heavy atom. The van der Waals surface area contributed by atoms with Gasteiger partial charge in [-0.25, -0.2) is 4.98 Å². The van der Waals surface area contributed by atoms with Crippen LogP contribution in [0.2, 0.25) is 5.02 Å². The van der Waals surface area contributed by atoms with Crippen molar-refractivity contribution in [3.63, 3.8) is 0 Å². The van der Waals surface area contributed by atoms with Gasteiger partial charge >= 0.3 is 0 Å². The van der Waals surface area contributed by atoms with Crippen LogP contribution in [-0.4, -0.2) is 33.9 Å². The molecule has 0 spiro atoms. The van der Waals surface area contributed by atoms with Gasteiger partial charge < -0.3 is 9.30 Å². The molecule has 2 aromatic rings. The maximum Gasteiger partial charge on any atom is 0.117 e. The second-order valence-electron chi connectivity index (χ2n) is 4.99. The lowest BCUT2D eigenvalue weighted by Crippen LogP contribution is -2.34. The predicted octanol–water partition coefficient (Wildman–Crippen LogP) is 3.19. The Labute approximate surface area is 112 Å². The molecule has 1 aliphatic rings. The Bertz CT molecular complexity index is 549. The fraction of sp³-hybridized carbons (Fsp3) is 0.500. The van der Waals surface area contributed by atoms with Gasteiger partial charge in [0.25, 0.3) is 0 Å². The molecular formula is C14H18ClN3. The van der Waals surface area contributed by atoms with Gasteiger partial charge in [-0.2, -0.15) is 0 Å². The van der Waals surface area contributed by atoms with E-state index in [0.717, 1.165) is 23.6 Å². The minimum atomic E-state index is 0.544. The van der Waals surface area contributed by atoms with E-state index in [9.17, 15) is 0 Å². The van der Waals surface area contributed by atoms with Crippen LogP contribution in [0.25, 0.3) is 5.52 Å². The summed E-state index contributed by atoms with van der Waals surface area (Å²) in [6.45, 7) is 5.71. The molecule has 3 rings (SSSR count). The van der Waals surface area contributed by atoms with E-state index < -0.39 is 0 Å². The highest BCUT2D eigenvalue weighted by Gasteiger charge is 2.23. The monoisotopic (exact) mass is 263 g/mol. The van der Waals surface area contributed by atoms with E-state index >= 15 is 0 Å². The molecule has 0 radical (unpaired) electrons. The minimum Gasteiger partial charge on any atom is -0.303 e. The number of fused-ring (bicyclic) bond motifs is 1. The zero-order chi connectivity index (χ0) is 12.5. The average Bonchev–Trinajstić information content (AvgIpc) is 2.81. The fourth-order valence-corrected chi connectivity index (χ4v) is 3.02. The highest BCUT2D eigenvalue weighted by molar-refractivity contribution is 6.30. The first-order chi connectivity index (χ1) is 8.78. The molecule has 0 saturated carbocycles. The Kier molecular flexibility index (Phi) is 3.27. The van der Waals surface area contributed by atoms with Crippen molar-refractivity contribution < 1.29 is 0 Å². The summed E-state index contributed by atoms with van der Waals surface area (Å²) in [5.74, 6) is 1.72. The van der Waals surface area contributed by atoms with E-state index in [1.54, 1.807) is 0 Å². The van der Waals surface area contributed by atoms with Gasteiger partial charge in [0.05, 0.1) is 11.7 Å². The molecule has 1 saturated heterocycles. The molecule has 1 fully saturated rings. The standard InChI is InChI=1S/C14H18ClN3/c1-2-17-6-3-4-11(10-17)14-16-9-13-8-12(15)5-7-18(13)14/h5,7-9,11H,2-4,6,10H2,1H3. The van der Waals surface area contributed by atoms with E-state index in [-0.39, 0.29) is 0 Å². The predicted molar refractivity (Wildman–Crippen MR) is 74.3 cm³/mol. The summed E-state index contributed by atoms with van der Waals surface area (Å²) < 4.78 is 2.18. The third-order valence-electron chi connectivity index (χ3n) is 3.84. The third kappa shape index (κ3) is 2.13. The quantitative estimate of drug-likeness (QED) is 0.830. The van der Waals surface area contributed by atoms with Gasteiger partial charge in [0.2, 0.25) is 0 Å². The number of hydrogen-bond donors (Lipinski definition) is 0. The van der Waals surface area contributed by atoms with Gasteiger partial charge in [0.1, 0.15) is 5.82 Å². The number of likely N-dealkylation sites (tertiary alicyclic amines) is 1. The molecule has 0 aromatic carbocycles. The summed E-state index contributed by atoms with van der Waals surface area (Å²) in [5, 5.41) is 0.771. The maximum absolute atomic E-state index is 6.01. The molecule has 1 unspecified atom stereocenters. The van der Waals surface area contributed by atoms with E-state index in [1.807, 2.05) is 24.5 Å². The van der Waals surface area contributed by atoms with E-state index in [2.05, 4.69) is 21.2 Å². The molecule has 4 heteroatoms. The first kappa shape index (κ1) is 12.0. The molecule has 0 N–H and O–H groups in total. The number of piperidine rings is 1. The van der Waals surface area contributed by atoms with Gasteiger partial charge in [-0.05, 0) is 38.1 Å². The van der Waals surface area contributed by atoms with E-state index in [4.69, 9.17) is 11.6 Å². The van der Waals surface area contributed by atoms with Gasteiger partial charge in [-0.3, -0.25) is 0 Å². The first-order valence-corrected chi connectivity index (χ1v) is 7.00. The number of pyridine rings is 1. The number of likely N-dealkylation sites (N-methyl/N-ethyl adjacent to an activating group) is 1. The molecule has 1 atom stereocenters. The third-order valence-corrected chi connectivity index (χ3v) is 4.08. The minimum absolute atomic E-state index is 0.544.